The van der Waals surface area contributed by atoms with Crippen LogP contribution in [0.15, 0.2) is 24.3 Å². The van der Waals surface area contributed by atoms with Gasteiger partial charge in [0.05, 0.1) is 6.04 Å². The fourth-order valence-electron chi connectivity index (χ4n) is 1.65. The molecule has 3 heteroatoms. The second kappa shape index (κ2) is 7.07. The summed E-state index contributed by atoms with van der Waals surface area (Å²) in [6, 6.07) is 8.20. The minimum absolute atomic E-state index is 0.0391. The van der Waals surface area contributed by atoms with E-state index < -0.39 is 0 Å². The van der Waals surface area contributed by atoms with Crippen LogP contribution in [-0.2, 0) is 4.79 Å². The summed E-state index contributed by atoms with van der Waals surface area (Å²) < 4.78 is 0. The maximum Gasteiger partial charge on any atom is 0.220 e. The first-order chi connectivity index (χ1) is 8.13. The van der Waals surface area contributed by atoms with Gasteiger partial charge in [0.25, 0.3) is 0 Å². The molecule has 1 aromatic carbocycles. The number of carbonyl (C=O) groups excluding carboxylic acids is 1. The van der Waals surface area contributed by atoms with Gasteiger partial charge in [-0.2, -0.15) is 0 Å². The molecule has 17 heavy (non-hydrogen) atoms. The van der Waals surface area contributed by atoms with E-state index >= 15 is 0 Å². The zero-order chi connectivity index (χ0) is 12.7. The van der Waals surface area contributed by atoms with Crippen LogP contribution < -0.4 is 5.32 Å². The lowest BCUT2D eigenvalue weighted by molar-refractivity contribution is -0.121. The minimum Gasteiger partial charge on any atom is -0.396 e. The average Bonchev–Trinajstić information content (AvgIpc) is 2.30. The number of unbranched alkanes of at least 4 members (excludes halogenated alkanes) is 1. The second-order valence-electron chi connectivity index (χ2n) is 4.38. The van der Waals surface area contributed by atoms with E-state index in [0.29, 0.717) is 12.8 Å². The van der Waals surface area contributed by atoms with Crippen molar-refractivity contribution in [3.05, 3.63) is 35.4 Å². The smallest absolute Gasteiger partial charge is 0.220 e. The molecule has 0 radical (unpaired) electrons. The number of hydrogen-bond acceptors (Lipinski definition) is 2. The lowest BCUT2D eigenvalue weighted by atomic mass is 10.1. The SMILES string of the molecule is Cc1ccc(C(C)NC(=O)CCCCO)cc1. The molecular weight excluding hydrogens is 214 g/mol. The highest BCUT2D eigenvalue weighted by Crippen LogP contribution is 2.13. The van der Waals surface area contributed by atoms with Crippen molar-refractivity contribution in [3.63, 3.8) is 0 Å². The summed E-state index contributed by atoms with van der Waals surface area (Å²) in [6.45, 7) is 4.18. The van der Waals surface area contributed by atoms with E-state index in [-0.39, 0.29) is 18.6 Å². The van der Waals surface area contributed by atoms with Crippen LogP contribution in [0.3, 0.4) is 0 Å². The molecule has 0 saturated carbocycles. The summed E-state index contributed by atoms with van der Waals surface area (Å²) in [5.41, 5.74) is 2.33. The Labute approximate surface area is 103 Å². The second-order valence-corrected chi connectivity index (χ2v) is 4.38. The predicted molar refractivity (Wildman–Crippen MR) is 68.7 cm³/mol. The zero-order valence-corrected chi connectivity index (χ0v) is 10.6. The van der Waals surface area contributed by atoms with Gasteiger partial charge in [-0.1, -0.05) is 29.8 Å². The Morgan fingerprint density at radius 2 is 1.94 bits per heavy atom. The Balaban J connectivity index is 2.40. The van der Waals surface area contributed by atoms with Crippen LogP contribution in [0.1, 0.15) is 43.4 Å². The van der Waals surface area contributed by atoms with Gasteiger partial charge in [-0.3, -0.25) is 4.79 Å². The third-order valence-electron chi connectivity index (χ3n) is 2.77. The number of rotatable bonds is 6. The average molecular weight is 235 g/mol. The Morgan fingerprint density at radius 3 is 2.53 bits per heavy atom. The highest BCUT2D eigenvalue weighted by Gasteiger charge is 2.08. The van der Waals surface area contributed by atoms with Crippen LogP contribution in [0, 0.1) is 6.92 Å². The van der Waals surface area contributed by atoms with E-state index in [1.54, 1.807) is 0 Å². The summed E-state index contributed by atoms with van der Waals surface area (Å²) in [7, 11) is 0. The maximum absolute atomic E-state index is 11.6. The Bertz CT molecular complexity index is 346. The van der Waals surface area contributed by atoms with Gasteiger partial charge in [-0.05, 0) is 32.3 Å². The molecule has 2 N–H and O–H groups in total. The molecule has 0 heterocycles. The molecule has 3 nitrogen and oxygen atoms in total. The van der Waals surface area contributed by atoms with Crippen LogP contribution in [0.4, 0.5) is 0 Å². The van der Waals surface area contributed by atoms with E-state index in [1.165, 1.54) is 5.56 Å². The van der Waals surface area contributed by atoms with Gasteiger partial charge >= 0.3 is 0 Å². The normalized spacial score (nSPS) is 12.2. The predicted octanol–water partition coefficient (Wildman–Crippen LogP) is 2.33. The van der Waals surface area contributed by atoms with Gasteiger partial charge in [0, 0.05) is 13.0 Å². The fraction of sp³-hybridized carbons (Fsp3) is 0.500. The molecule has 1 rings (SSSR count). The van der Waals surface area contributed by atoms with Gasteiger partial charge in [-0.15, -0.1) is 0 Å². The van der Waals surface area contributed by atoms with E-state index in [9.17, 15) is 4.79 Å². The molecule has 0 aromatic heterocycles. The van der Waals surface area contributed by atoms with Crippen molar-refractivity contribution in [1.29, 1.82) is 0 Å². The molecule has 94 valence electrons. The molecule has 0 bridgehead atoms. The first-order valence-corrected chi connectivity index (χ1v) is 6.10. The zero-order valence-electron chi connectivity index (χ0n) is 10.6. The first kappa shape index (κ1) is 13.7. The molecule has 0 spiro atoms. The summed E-state index contributed by atoms with van der Waals surface area (Å²) in [5.74, 6) is 0.0477. The Hall–Kier alpha value is -1.35. The number of amides is 1. The van der Waals surface area contributed by atoms with Crippen LogP contribution in [0.2, 0.25) is 0 Å². The topological polar surface area (TPSA) is 49.3 Å². The van der Waals surface area contributed by atoms with Crippen LogP contribution >= 0.6 is 0 Å². The van der Waals surface area contributed by atoms with Crippen molar-refractivity contribution in [1.82, 2.24) is 5.32 Å². The third kappa shape index (κ3) is 5.00. The highest BCUT2D eigenvalue weighted by atomic mass is 16.2. The third-order valence-corrected chi connectivity index (χ3v) is 2.77. The minimum atomic E-state index is 0.0391. The van der Waals surface area contributed by atoms with Crippen LogP contribution in [-0.4, -0.2) is 17.6 Å². The number of aliphatic hydroxyl groups is 1. The molecule has 1 amide bonds. The largest absolute Gasteiger partial charge is 0.396 e. The van der Waals surface area contributed by atoms with Crippen molar-refractivity contribution < 1.29 is 9.90 Å². The quantitative estimate of drug-likeness (QED) is 0.743. The van der Waals surface area contributed by atoms with E-state index in [1.807, 2.05) is 38.1 Å². The number of nitrogens with one attached hydrogen (secondary N) is 1. The monoisotopic (exact) mass is 235 g/mol. The molecule has 1 unspecified atom stereocenters. The number of hydrogen-bond donors (Lipinski definition) is 2. The molecule has 1 aromatic rings. The molecule has 0 saturated heterocycles. The van der Waals surface area contributed by atoms with E-state index in [0.717, 1.165) is 12.0 Å². The number of aryl methyl sites for hydroxylation is 1. The molecule has 0 aliphatic carbocycles. The standard InChI is InChI=1S/C14H21NO2/c1-11-6-8-13(9-7-11)12(2)15-14(17)5-3-4-10-16/h6-9,12,16H,3-5,10H2,1-2H3,(H,15,17). The van der Waals surface area contributed by atoms with Crippen LogP contribution in [0.25, 0.3) is 0 Å². The van der Waals surface area contributed by atoms with E-state index in [4.69, 9.17) is 5.11 Å². The lowest BCUT2D eigenvalue weighted by Gasteiger charge is -2.14. The highest BCUT2D eigenvalue weighted by molar-refractivity contribution is 5.76. The number of carbonyl (C=O) groups is 1. The van der Waals surface area contributed by atoms with Crippen molar-refractivity contribution in [3.8, 4) is 0 Å². The molecule has 0 aliphatic rings. The summed E-state index contributed by atoms with van der Waals surface area (Å²) in [6.07, 6.45) is 1.91. The van der Waals surface area contributed by atoms with Crippen molar-refractivity contribution in [2.24, 2.45) is 0 Å². The van der Waals surface area contributed by atoms with Crippen molar-refractivity contribution in [2.75, 3.05) is 6.61 Å². The van der Waals surface area contributed by atoms with Gasteiger partial charge in [0.1, 0.15) is 0 Å². The molecule has 1 atom stereocenters. The molecule has 0 fully saturated rings. The van der Waals surface area contributed by atoms with Crippen molar-refractivity contribution in [2.45, 2.75) is 39.2 Å². The number of benzene rings is 1. The van der Waals surface area contributed by atoms with Crippen molar-refractivity contribution >= 4 is 5.91 Å². The van der Waals surface area contributed by atoms with Gasteiger partial charge in [0.15, 0.2) is 0 Å². The van der Waals surface area contributed by atoms with Gasteiger partial charge < -0.3 is 10.4 Å². The first-order valence-electron chi connectivity index (χ1n) is 6.10. The van der Waals surface area contributed by atoms with Crippen LogP contribution in [0.5, 0.6) is 0 Å². The van der Waals surface area contributed by atoms with E-state index in [2.05, 4.69) is 5.32 Å². The molecular formula is C14H21NO2. The fourth-order valence-corrected chi connectivity index (χ4v) is 1.65. The summed E-state index contributed by atoms with van der Waals surface area (Å²) >= 11 is 0. The lowest BCUT2D eigenvalue weighted by Crippen LogP contribution is -2.26. The summed E-state index contributed by atoms with van der Waals surface area (Å²) in [5, 5.41) is 11.6. The number of aliphatic hydroxyl groups excluding tert-OH is 1. The van der Waals surface area contributed by atoms with Gasteiger partial charge in [0.2, 0.25) is 5.91 Å². The molecule has 0 aliphatic heterocycles. The Morgan fingerprint density at radius 1 is 1.29 bits per heavy atom. The summed E-state index contributed by atoms with van der Waals surface area (Å²) in [4.78, 5) is 11.6. The van der Waals surface area contributed by atoms with Gasteiger partial charge in [-0.25, -0.2) is 0 Å². The Kier molecular flexibility index (Phi) is 5.70. The maximum atomic E-state index is 11.6.